The molecule has 5 nitrogen and oxygen atoms in total. The predicted octanol–water partition coefficient (Wildman–Crippen LogP) is 3.90. The van der Waals surface area contributed by atoms with Crippen molar-refractivity contribution in [2.75, 3.05) is 6.61 Å². The molecule has 1 amide bonds. The Balaban J connectivity index is 1.59. The highest BCUT2D eigenvalue weighted by atomic mass is 16.5. The zero-order valence-electron chi connectivity index (χ0n) is 15.1. The molecule has 3 aromatic rings. The van der Waals surface area contributed by atoms with Crippen LogP contribution in [0, 0.1) is 0 Å². The summed E-state index contributed by atoms with van der Waals surface area (Å²) in [7, 11) is 0. The number of esters is 1. The van der Waals surface area contributed by atoms with E-state index in [1.807, 2.05) is 42.5 Å². The summed E-state index contributed by atoms with van der Waals surface area (Å²) in [4.78, 5) is 24.5. The SMILES string of the molecule is C[C@H](NC(=O)COC(=O)c1ccccc1Cc1ccccc1)c1ccco1. The third kappa shape index (κ3) is 5.07. The van der Waals surface area contributed by atoms with Crippen LogP contribution in [0.15, 0.2) is 77.4 Å². The lowest BCUT2D eigenvalue weighted by Gasteiger charge is -2.12. The first-order chi connectivity index (χ1) is 13.1. The van der Waals surface area contributed by atoms with Gasteiger partial charge in [0.1, 0.15) is 5.76 Å². The van der Waals surface area contributed by atoms with Gasteiger partial charge in [-0.25, -0.2) is 4.79 Å². The van der Waals surface area contributed by atoms with Crippen LogP contribution in [-0.4, -0.2) is 18.5 Å². The number of amides is 1. The van der Waals surface area contributed by atoms with Crippen LogP contribution in [-0.2, 0) is 16.0 Å². The zero-order valence-corrected chi connectivity index (χ0v) is 15.1. The Bertz CT molecular complexity index is 888. The molecule has 0 fully saturated rings. The number of rotatable bonds is 7. The van der Waals surface area contributed by atoms with E-state index < -0.39 is 5.97 Å². The second kappa shape index (κ2) is 8.85. The molecule has 1 aromatic heterocycles. The highest BCUT2D eigenvalue weighted by molar-refractivity contribution is 5.92. The summed E-state index contributed by atoms with van der Waals surface area (Å²) < 4.78 is 10.4. The molecule has 0 radical (unpaired) electrons. The van der Waals surface area contributed by atoms with Gasteiger partial charge in [0.05, 0.1) is 17.9 Å². The lowest BCUT2D eigenvalue weighted by Crippen LogP contribution is -2.31. The van der Waals surface area contributed by atoms with Crippen molar-refractivity contribution >= 4 is 11.9 Å². The smallest absolute Gasteiger partial charge is 0.338 e. The van der Waals surface area contributed by atoms with Crippen LogP contribution in [0.2, 0.25) is 0 Å². The topological polar surface area (TPSA) is 68.5 Å². The Labute approximate surface area is 158 Å². The van der Waals surface area contributed by atoms with E-state index in [9.17, 15) is 9.59 Å². The molecule has 5 heteroatoms. The molecule has 0 aliphatic heterocycles. The second-order valence-electron chi connectivity index (χ2n) is 6.20. The van der Waals surface area contributed by atoms with Crippen LogP contribution in [0.3, 0.4) is 0 Å². The lowest BCUT2D eigenvalue weighted by molar-refractivity contribution is -0.125. The Hall–Kier alpha value is -3.34. The van der Waals surface area contributed by atoms with Crippen LogP contribution in [0.25, 0.3) is 0 Å². The summed E-state index contributed by atoms with van der Waals surface area (Å²) >= 11 is 0. The summed E-state index contributed by atoms with van der Waals surface area (Å²) in [5.41, 5.74) is 2.43. The Kier molecular flexibility index (Phi) is 6.05. The number of benzene rings is 2. The van der Waals surface area contributed by atoms with E-state index in [1.165, 1.54) is 0 Å². The summed E-state index contributed by atoms with van der Waals surface area (Å²) in [5.74, 6) is -0.252. The molecule has 2 aromatic carbocycles. The number of furan rings is 1. The van der Waals surface area contributed by atoms with Crippen molar-refractivity contribution in [3.8, 4) is 0 Å². The monoisotopic (exact) mass is 363 g/mol. The van der Waals surface area contributed by atoms with Gasteiger partial charge in [-0.2, -0.15) is 0 Å². The molecular weight excluding hydrogens is 342 g/mol. The highest BCUT2D eigenvalue weighted by Gasteiger charge is 2.16. The van der Waals surface area contributed by atoms with Gasteiger partial charge in [0.2, 0.25) is 0 Å². The molecule has 0 aliphatic carbocycles. The molecule has 0 saturated carbocycles. The van der Waals surface area contributed by atoms with E-state index in [0.29, 0.717) is 17.7 Å². The van der Waals surface area contributed by atoms with Gasteiger partial charge in [-0.05, 0) is 42.7 Å². The number of ether oxygens (including phenoxy) is 1. The fourth-order valence-corrected chi connectivity index (χ4v) is 2.79. The minimum absolute atomic E-state index is 0.295. The van der Waals surface area contributed by atoms with Crippen molar-refractivity contribution in [3.05, 3.63) is 95.4 Å². The maximum Gasteiger partial charge on any atom is 0.338 e. The molecule has 0 spiro atoms. The average molecular weight is 363 g/mol. The summed E-state index contributed by atoms with van der Waals surface area (Å²) in [6, 6.07) is 20.4. The van der Waals surface area contributed by atoms with Crippen LogP contribution in [0.4, 0.5) is 0 Å². The van der Waals surface area contributed by atoms with Crippen LogP contribution < -0.4 is 5.32 Å². The van der Waals surface area contributed by atoms with Gasteiger partial charge in [-0.1, -0.05) is 48.5 Å². The van der Waals surface area contributed by atoms with Gasteiger partial charge in [0.15, 0.2) is 6.61 Å². The number of hydrogen-bond donors (Lipinski definition) is 1. The van der Waals surface area contributed by atoms with Crippen LogP contribution >= 0.6 is 0 Å². The van der Waals surface area contributed by atoms with E-state index >= 15 is 0 Å². The Morgan fingerprint density at radius 1 is 1.00 bits per heavy atom. The van der Waals surface area contributed by atoms with Crippen molar-refractivity contribution in [1.82, 2.24) is 5.32 Å². The number of hydrogen-bond acceptors (Lipinski definition) is 4. The van der Waals surface area contributed by atoms with Gasteiger partial charge >= 0.3 is 5.97 Å². The first kappa shape index (κ1) is 18.5. The van der Waals surface area contributed by atoms with E-state index in [4.69, 9.17) is 9.15 Å². The summed E-state index contributed by atoms with van der Waals surface area (Å²) in [6.45, 7) is 1.46. The standard InChI is InChI=1S/C22H21NO4/c1-16(20-12-7-13-26-20)23-21(24)15-27-22(25)19-11-6-5-10-18(19)14-17-8-3-2-4-9-17/h2-13,16H,14-15H2,1H3,(H,23,24)/t16-/m0/s1. The molecule has 1 atom stereocenters. The highest BCUT2D eigenvalue weighted by Crippen LogP contribution is 2.16. The summed E-state index contributed by atoms with van der Waals surface area (Å²) in [5, 5.41) is 2.73. The van der Waals surface area contributed by atoms with Crippen LogP contribution in [0.1, 0.15) is 40.2 Å². The normalized spacial score (nSPS) is 11.6. The first-order valence-electron chi connectivity index (χ1n) is 8.75. The number of carbonyl (C=O) groups excluding carboxylic acids is 2. The molecule has 0 bridgehead atoms. The second-order valence-corrected chi connectivity index (χ2v) is 6.20. The fourth-order valence-electron chi connectivity index (χ4n) is 2.79. The molecule has 0 saturated heterocycles. The summed E-state index contributed by atoms with van der Waals surface area (Å²) in [6.07, 6.45) is 2.16. The van der Waals surface area contributed by atoms with Crippen molar-refractivity contribution < 1.29 is 18.7 Å². The van der Waals surface area contributed by atoms with E-state index in [0.717, 1.165) is 11.1 Å². The minimum Gasteiger partial charge on any atom is -0.467 e. The van der Waals surface area contributed by atoms with Crippen molar-refractivity contribution in [3.63, 3.8) is 0 Å². The minimum atomic E-state index is -0.512. The quantitative estimate of drug-likeness (QED) is 0.646. The number of nitrogens with one attached hydrogen (secondary N) is 1. The van der Waals surface area contributed by atoms with Gasteiger partial charge in [-0.15, -0.1) is 0 Å². The van der Waals surface area contributed by atoms with Crippen molar-refractivity contribution in [2.45, 2.75) is 19.4 Å². The molecular formula is C22H21NO4. The third-order valence-electron chi connectivity index (χ3n) is 4.16. The van der Waals surface area contributed by atoms with Gasteiger partial charge in [0, 0.05) is 0 Å². The first-order valence-corrected chi connectivity index (χ1v) is 8.75. The zero-order chi connectivity index (χ0) is 19.1. The Morgan fingerprint density at radius 3 is 2.48 bits per heavy atom. The number of carbonyl (C=O) groups is 2. The van der Waals surface area contributed by atoms with Crippen molar-refractivity contribution in [1.29, 1.82) is 0 Å². The molecule has 3 rings (SSSR count). The van der Waals surface area contributed by atoms with Crippen molar-refractivity contribution in [2.24, 2.45) is 0 Å². The van der Waals surface area contributed by atoms with E-state index in [1.54, 1.807) is 37.5 Å². The molecule has 0 unspecified atom stereocenters. The van der Waals surface area contributed by atoms with Crippen LogP contribution in [0.5, 0.6) is 0 Å². The van der Waals surface area contributed by atoms with Gasteiger partial charge < -0.3 is 14.5 Å². The maximum absolute atomic E-state index is 12.5. The predicted molar refractivity (Wildman–Crippen MR) is 101 cm³/mol. The largest absolute Gasteiger partial charge is 0.467 e. The van der Waals surface area contributed by atoms with E-state index in [-0.39, 0.29) is 18.6 Å². The molecule has 1 heterocycles. The average Bonchev–Trinajstić information content (AvgIpc) is 3.22. The molecule has 0 aliphatic rings. The van der Waals surface area contributed by atoms with E-state index in [2.05, 4.69) is 5.32 Å². The molecule has 138 valence electrons. The Morgan fingerprint density at radius 2 is 1.74 bits per heavy atom. The molecule has 1 N–H and O–H groups in total. The molecule has 27 heavy (non-hydrogen) atoms. The maximum atomic E-state index is 12.5. The van der Waals surface area contributed by atoms with Gasteiger partial charge in [0.25, 0.3) is 5.91 Å². The third-order valence-corrected chi connectivity index (χ3v) is 4.16. The fraction of sp³-hybridized carbons (Fsp3) is 0.182. The van der Waals surface area contributed by atoms with Gasteiger partial charge in [-0.3, -0.25) is 4.79 Å². The lowest BCUT2D eigenvalue weighted by atomic mass is 10.00.